The molecule has 0 amide bonds. The Labute approximate surface area is 113 Å². The molecule has 104 valence electrons. The van der Waals surface area contributed by atoms with Crippen molar-refractivity contribution < 1.29 is 0 Å². The van der Waals surface area contributed by atoms with Gasteiger partial charge in [0.1, 0.15) is 0 Å². The quantitative estimate of drug-likeness (QED) is 0.780. The lowest BCUT2D eigenvalue weighted by molar-refractivity contribution is 0.0654. The van der Waals surface area contributed by atoms with Gasteiger partial charge in [0.2, 0.25) is 0 Å². The summed E-state index contributed by atoms with van der Waals surface area (Å²) in [5.41, 5.74) is 1.77. The van der Waals surface area contributed by atoms with Crippen LogP contribution in [0, 0.1) is 22.2 Å². The molecule has 0 aromatic rings. The van der Waals surface area contributed by atoms with Gasteiger partial charge in [-0.1, -0.05) is 34.1 Å². The maximum atomic E-state index is 4.04. The molecule has 0 heterocycles. The van der Waals surface area contributed by atoms with Crippen LogP contribution in [0.25, 0.3) is 0 Å². The maximum absolute atomic E-state index is 4.04. The predicted octanol–water partition coefficient (Wildman–Crippen LogP) is 4.37. The third-order valence-corrected chi connectivity index (χ3v) is 7.12. The second-order valence-electron chi connectivity index (χ2n) is 8.44. The fraction of sp³-hybridized carbons (Fsp3) is 1.00. The summed E-state index contributed by atoms with van der Waals surface area (Å²) in [7, 11) is 0. The van der Waals surface area contributed by atoms with E-state index in [4.69, 9.17) is 0 Å². The van der Waals surface area contributed by atoms with Crippen molar-refractivity contribution in [1.29, 1.82) is 0 Å². The van der Waals surface area contributed by atoms with Crippen molar-refractivity contribution in [3.8, 4) is 0 Å². The Morgan fingerprint density at radius 2 is 1.83 bits per heavy atom. The molecule has 1 nitrogen and oxygen atoms in total. The van der Waals surface area contributed by atoms with Crippen molar-refractivity contribution in [3.05, 3.63) is 0 Å². The molecule has 2 bridgehead atoms. The SMILES string of the molecule is CCC1(CNC2C3(C)CCC(C3)C2(C)C)CCC1. The highest BCUT2D eigenvalue weighted by Gasteiger charge is 2.59. The van der Waals surface area contributed by atoms with Gasteiger partial charge in [-0.15, -0.1) is 0 Å². The highest BCUT2D eigenvalue weighted by Crippen LogP contribution is 2.62. The van der Waals surface area contributed by atoms with E-state index >= 15 is 0 Å². The second-order valence-corrected chi connectivity index (χ2v) is 8.44. The number of nitrogens with one attached hydrogen (secondary N) is 1. The molecule has 0 spiro atoms. The molecule has 0 aromatic heterocycles. The minimum Gasteiger partial charge on any atom is -0.312 e. The molecule has 3 atom stereocenters. The van der Waals surface area contributed by atoms with Crippen LogP contribution < -0.4 is 5.32 Å². The Bertz CT molecular complexity index is 318. The van der Waals surface area contributed by atoms with Crippen LogP contribution in [0.4, 0.5) is 0 Å². The first-order valence-corrected chi connectivity index (χ1v) is 8.15. The van der Waals surface area contributed by atoms with Gasteiger partial charge in [-0.3, -0.25) is 0 Å². The first kappa shape index (κ1) is 13.0. The third-order valence-electron chi connectivity index (χ3n) is 7.12. The molecule has 3 aliphatic rings. The number of rotatable bonds is 4. The summed E-state index contributed by atoms with van der Waals surface area (Å²) >= 11 is 0. The van der Waals surface area contributed by atoms with E-state index in [-0.39, 0.29) is 0 Å². The lowest BCUT2D eigenvalue weighted by Gasteiger charge is -2.48. The van der Waals surface area contributed by atoms with Gasteiger partial charge >= 0.3 is 0 Å². The van der Waals surface area contributed by atoms with Crippen molar-refractivity contribution in [2.24, 2.45) is 22.2 Å². The Hall–Kier alpha value is -0.0400. The number of hydrogen-bond acceptors (Lipinski definition) is 1. The van der Waals surface area contributed by atoms with Crippen molar-refractivity contribution in [2.45, 2.75) is 78.7 Å². The third kappa shape index (κ3) is 1.69. The average Bonchev–Trinajstić information content (AvgIpc) is 2.72. The molecule has 3 aliphatic carbocycles. The highest BCUT2D eigenvalue weighted by molar-refractivity contribution is 5.12. The molecule has 0 saturated heterocycles. The van der Waals surface area contributed by atoms with Gasteiger partial charge in [0.25, 0.3) is 0 Å². The molecule has 0 radical (unpaired) electrons. The standard InChI is InChI=1S/C17H31N/c1-5-17(8-6-9-17)12-18-14-15(2,3)13-7-10-16(14,4)11-13/h13-14,18H,5-12H2,1-4H3. The van der Waals surface area contributed by atoms with Gasteiger partial charge in [-0.25, -0.2) is 0 Å². The summed E-state index contributed by atoms with van der Waals surface area (Å²) in [6.07, 6.45) is 10.2. The molecular weight excluding hydrogens is 218 g/mol. The van der Waals surface area contributed by atoms with Crippen LogP contribution in [0.1, 0.15) is 72.6 Å². The van der Waals surface area contributed by atoms with Gasteiger partial charge in [-0.2, -0.15) is 0 Å². The molecule has 3 saturated carbocycles. The van der Waals surface area contributed by atoms with Gasteiger partial charge in [0.15, 0.2) is 0 Å². The Morgan fingerprint density at radius 3 is 2.28 bits per heavy atom. The van der Waals surface area contributed by atoms with Crippen molar-refractivity contribution in [3.63, 3.8) is 0 Å². The van der Waals surface area contributed by atoms with Crippen LogP contribution in [0.15, 0.2) is 0 Å². The average molecular weight is 249 g/mol. The van der Waals surface area contributed by atoms with Gasteiger partial charge < -0.3 is 5.32 Å². The van der Waals surface area contributed by atoms with Gasteiger partial charge in [0.05, 0.1) is 0 Å². The molecule has 3 fully saturated rings. The molecular formula is C17H31N. The van der Waals surface area contributed by atoms with E-state index in [2.05, 4.69) is 33.0 Å². The van der Waals surface area contributed by atoms with E-state index in [0.717, 1.165) is 12.0 Å². The van der Waals surface area contributed by atoms with E-state index in [0.29, 0.717) is 16.2 Å². The zero-order valence-corrected chi connectivity index (χ0v) is 12.8. The van der Waals surface area contributed by atoms with Crippen molar-refractivity contribution in [1.82, 2.24) is 5.32 Å². The Morgan fingerprint density at radius 1 is 1.11 bits per heavy atom. The summed E-state index contributed by atoms with van der Waals surface area (Å²) in [6.45, 7) is 11.2. The molecule has 1 N–H and O–H groups in total. The summed E-state index contributed by atoms with van der Waals surface area (Å²) in [5, 5.41) is 4.04. The van der Waals surface area contributed by atoms with E-state index in [1.165, 1.54) is 51.5 Å². The summed E-state index contributed by atoms with van der Waals surface area (Å²) in [6, 6.07) is 0.757. The Kier molecular flexibility index (Phi) is 2.86. The largest absolute Gasteiger partial charge is 0.312 e. The normalized spacial score (nSPS) is 44.0. The van der Waals surface area contributed by atoms with Crippen molar-refractivity contribution in [2.75, 3.05) is 6.54 Å². The first-order valence-electron chi connectivity index (χ1n) is 8.15. The maximum Gasteiger partial charge on any atom is 0.0175 e. The van der Waals surface area contributed by atoms with Crippen LogP contribution in [0.2, 0.25) is 0 Å². The lowest BCUT2D eigenvalue weighted by atomic mass is 9.65. The monoisotopic (exact) mass is 249 g/mol. The molecule has 3 rings (SSSR count). The predicted molar refractivity (Wildman–Crippen MR) is 77.6 cm³/mol. The van der Waals surface area contributed by atoms with E-state index in [9.17, 15) is 0 Å². The topological polar surface area (TPSA) is 12.0 Å². The number of fused-ring (bicyclic) bond motifs is 2. The minimum atomic E-state index is 0.520. The van der Waals surface area contributed by atoms with Crippen LogP contribution in [-0.2, 0) is 0 Å². The van der Waals surface area contributed by atoms with E-state index < -0.39 is 0 Å². The molecule has 18 heavy (non-hydrogen) atoms. The zero-order chi connectivity index (χ0) is 13.0. The van der Waals surface area contributed by atoms with Crippen LogP contribution in [0.3, 0.4) is 0 Å². The van der Waals surface area contributed by atoms with E-state index in [1.54, 1.807) is 0 Å². The van der Waals surface area contributed by atoms with Crippen LogP contribution >= 0.6 is 0 Å². The fourth-order valence-electron chi connectivity index (χ4n) is 5.46. The molecule has 0 aromatic carbocycles. The summed E-state index contributed by atoms with van der Waals surface area (Å²) < 4.78 is 0. The highest BCUT2D eigenvalue weighted by atomic mass is 15.0. The summed E-state index contributed by atoms with van der Waals surface area (Å²) in [4.78, 5) is 0. The lowest BCUT2D eigenvalue weighted by Crippen LogP contribution is -2.54. The summed E-state index contributed by atoms with van der Waals surface area (Å²) in [5.74, 6) is 0.971. The fourth-order valence-corrected chi connectivity index (χ4v) is 5.46. The molecule has 1 heteroatoms. The Balaban J connectivity index is 1.69. The van der Waals surface area contributed by atoms with Crippen molar-refractivity contribution >= 4 is 0 Å². The molecule has 3 unspecified atom stereocenters. The van der Waals surface area contributed by atoms with Crippen LogP contribution in [0.5, 0.6) is 0 Å². The second kappa shape index (κ2) is 3.98. The smallest absolute Gasteiger partial charge is 0.0175 e. The molecule has 0 aliphatic heterocycles. The van der Waals surface area contributed by atoms with E-state index in [1.807, 2.05) is 0 Å². The first-order chi connectivity index (χ1) is 8.42. The van der Waals surface area contributed by atoms with Crippen LogP contribution in [-0.4, -0.2) is 12.6 Å². The zero-order valence-electron chi connectivity index (χ0n) is 12.8. The number of hydrogen-bond donors (Lipinski definition) is 1. The van der Waals surface area contributed by atoms with Gasteiger partial charge in [0, 0.05) is 12.6 Å². The minimum absolute atomic E-state index is 0.520. The van der Waals surface area contributed by atoms with Gasteiger partial charge in [-0.05, 0) is 60.7 Å².